The quantitative estimate of drug-likeness (QED) is 0.621. The van der Waals surface area contributed by atoms with E-state index in [1.54, 1.807) is 0 Å². The average Bonchev–Trinajstić information content (AvgIpc) is 2.56. The Morgan fingerprint density at radius 1 is 1.44 bits per heavy atom. The number of nitrogen functional groups attached to an aromatic ring is 1. The van der Waals surface area contributed by atoms with Crippen molar-refractivity contribution in [1.82, 2.24) is 4.98 Å². The summed E-state index contributed by atoms with van der Waals surface area (Å²) < 4.78 is 0. The molecular weight excluding hydrogens is 224 g/mol. The molecule has 1 aliphatic rings. The summed E-state index contributed by atoms with van der Waals surface area (Å²) in [6.45, 7) is 10.5. The van der Waals surface area contributed by atoms with Crippen LogP contribution in [0.1, 0.15) is 37.1 Å². The number of aromatic nitrogens is 1. The van der Waals surface area contributed by atoms with E-state index in [9.17, 15) is 0 Å². The summed E-state index contributed by atoms with van der Waals surface area (Å²) in [4.78, 5) is 6.87. The molecule has 1 aliphatic heterocycles. The van der Waals surface area contributed by atoms with Gasteiger partial charge in [-0.05, 0) is 37.3 Å². The zero-order chi connectivity index (χ0) is 13.5. The molecule has 2 rings (SSSR count). The fraction of sp³-hybridized carbons (Fsp3) is 0.571. The van der Waals surface area contributed by atoms with Gasteiger partial charge in [0.15, 0.2) is 0 Å². The molecule has 0 spiro atoms. The van der Waals surface area contributed by atoms with Gasteiger partial charge in [0.25, 0.3) is 0 Å². The van der Waals surface area contributed by atoms with Crippen molar-refractivity contribution in [1.29, 1.82) is 5.41 Å². The summed E-state index contributed by atoms with van der Waals surface area (Å²) in [7, 11) is 0. The second kappa shape index (κ2) is 4.26. The van der Waals surface area contributed by atoms with E-state index in [-0.39, 0.29) is 5.84 Å². The molecule has 2 heterocycles. The molecule has 18 heavy (non-hydrogen) atoms. The van der Waals surface area contributed by atoms with Gasteiger partial charge in [0, 0.05) is 18.8 Å². The zero-order valence-corrected chi connectivity index (χ0v) is 11.7. The number of rotatable bonds is 2. The first-order valence-electron chi connectivity index (χ1n) is 6.38. The van der Waals surface area contributed by atoms with Gasteiger partial charge in [0.05, 0.1) is 5.56 Å². The lowest BCUT2D eigenvalue weighted by Gasteiger charge is -2.24. The summed E-state index contributed by atoms with van der Waals surface area (Å²) in [6.07, 6.45) is 1.15. The first-order chi connectivity index (χ1) is 8.30. The van der Waals surface area contributed by atoms with Crippen LogP contribution in [0.3, 0.4) is 0 Å². The topological polar surface area (TPSA) is 66.0 Å². The predicted molar refractivity (Wildman–Crippen MR) is 75.3 cm³/mol. The van der Waals surface area contributed by atoms with E-state index in [0.717, 1.165) is 42.1 Å². The molecule has 0 bridgehead atoms. The SMILES string of the molecule is Cc1cc(C)c(C(=N)N)c(N2CCC(C)(C)C2)n1. The number of amidine groups is 1. The summed E-state index contributed by atoms with van der Waals surface area (Å²) in [5, 5.41) is 7.76. The van der Waals surface area contributed by atoms with E-state index < -0.39 is 0 Å². The molecule has 1 aromatic rings. The normalized spacial score (nSPS) is 18.1. The van der Waals surface area contributed by atoms with Gasteiger partial charge in [-0.25, -0.2) is 4.98 Å². The lowest BCUT2D eigenvalue weighted by molar-refractivity contribution is 0.418. The number of nitrogens with one attached hydrogen (secondary N) is 1. The Bertz CT molecular complexity index is 491. The Kier molecular flexibility index (Phi) is 3.05. The summed E-state index contributed by atoms with van der Waals surface area (Å²) in [5.41, 5.74) is 8.84. The van der Waals surface area contributed by atoms with Crippen LogP contribution in [0.5, 0.6) is 0 Å². The fourth-order valence-electron chi connectivity index (χ4n) is 2.67. The second-order valence-electron chi connectivity index (χ2n) is 6.03. The molecule has 0 aliphatic carbocycles. The molecular formula is C14H22N4. The van der Waals surface area contributed by atoms with Crippen molar-refractivity contribution in [2.75, 3.05) is 18.0 Å². The maximum atomic E-state index is 7.76. The number of nitrogens with two attached hydrogens (primary N) is 1. The van der Waals surface area contributed by atoms with Crippen LogP contribution in [-0.4, -0.2) is 23.9 Å². The monoisotopic (exact) mass is 246 g/mol. The first kappa shape index (κ1) is 12.9. The minimum absolute atomic E-state index is 0.111. The average molecular weight is 246 g/mol. The van der Waals surface area contributed by atoms with Gasteiger partial charge < -0.3 is 10.6 Å². The number of pyridine rings is 1. The highest BCUT2D eigenvalue weighted by atomic mass is 15.2. The zero-order valence-electron chi connectivity index (χ0n) is 11.7. The second-order valence-corrected chi connectivity index (χ2v) is 6.03. The molecule has 0 amide bonds. The number of hydrogen-bond donors (Lipinski definition) is 2. The molecule has 1 fully saturated rings. The van der Waals surface area contributed by atoms with E-state index >= 15 is 0 Å². The van der Waals surface area contributed by atoms with Gasteiger partial charge in [0.2, 0.25) is 0 Å². The number of hydrogen-bond acceptors (Lipinski definition) is 3. The van der Waals surface area contributed by atoms with Crippen LogP contribution >= 0.6 is 0 Å². The standard InChI is InChI=1S/C14H22N4/c1-9-7-10(2)17-13(11(9)12(15)16)18-6-5-14(3,4)8-18/h7H,5-6,8H2,1-4H3,(H3,15,16). The van der Waals surface area contributed by atoms with Gasteiger partial charge in [0.1, 0.15) is 11.7 Å². The molecule has 0 aromatic carbocycles. The molecule has 0 saturated carbocycles. The van der Waals surface area contributed by atoms with Crippen molar-refractivity contribution in [3.8, 4) is 0 Å². The van der Waals surface area contributed by atoms with E-state index in [1.165, 1.54) is 0 Å². The van der Waals surface area contributed by atoms with E-state index in [2.05, 4.69) is 23.7 Å². The van der Waals surface area contributed by atoms with Crippen LogP contribution in [0.25, 0.3) is 0 Å². The Morgan fingerprint density at radius 3 is 2.61 bits per heavy atom. The van der Waals surface area contributed by atoms with Crippen LogP contribution in [0.4, 0.5) is 5.82 Å². The number of aryl methyl sites for hydroxylation is 2. The molecule has 4 heteroatoms. The summed E-state index contributed by atoms with van der Waals surface area (Å²) >= 11 is 0. The van der Waals surface area contributed by atoms with E-state index in [1.807, 2.05) is 19.9 Å². The lowest BCUT2D eigenvalue weighted by atomic mass is 9.93. The molecule has 0 radical (unpaired) electrons. The Balaban J connectivity index is 2.47. The maximum Gasteiger partial charge on any atom is 0.140 e. The molecule has 4 nitrogen and oxygen atoms in total. The van der Waals surface area contributed by atoms with Gasteiger partial charge in [-0.15, -0.1) is 0 Å². The van der Waals surface area contributed by atoms with Crippen molar-refractivity contribution in [3.63, 3.8) is 0 Å². The highest BCUT2D eigenvalue weighted by molar-refractivity contribution is 6.01. The Hall–Kier alpha value is -1.58. The molecule has 1 aromatic heterocycles. The van der Waals surface area contributed by atoms with Crippen molar-refractivity contribution in [3.05, 3.63) is 22.9 Å². The van der Waals surface area contributed by atoms with Crippen LogP contribution in [0, 0.1) is 24.7 Å². The van der Waals surface area contributed by atoms with E-state index in [0.29, 0.717) is 5.41 Å². The van der Waals surface area contributed by atoms with Crippen LogP contribution < -0.4 is 10.6 Å². The van der Waals surface area contributed by atoms with Crippen molar-refractivity contribution >= 4 is 11.7 Å². The number of nitrogens with zero attached hydrogens (tertiary/aromatic N) is 2. The highest BCUT2D eigenvalue weighted by Gasteiger charge is 2.31. The minimum atomic E-state index is 0.111. The van der Waals surface area contributed by atoms with Crippen LogP contribution in [-0.2, 0) is 0 Å². The first-order valence-corrected chi connectivity index (χ1v) is 6.38. The van der Waals surface area contributed by atoms with Gasteiger partial charge >= 0.3 is 0 Å². The number of anilines is 1. The van der Waals surface area contributed by atoms with Gasteiger partial charge in [-0.1, -0.05) is 13.8 Å². The van der Waals surface area contributed by atoms with Crippen LogP contribution in [0.15, 0.2) is 6.07 Å². The van der Waals surface area contributed by atoms with E-state index in [4.69, 9.17) is 11.1 Å². The minimum Gasteiger partial charge on any atom is -0.384 e. The molecule has 0 atom stereocenters. The van der Waals surface area contributed by atoms with Gasteiger partial charge in [-0.2, -0.15) is 0 Å². The molecule has 0 unspecified atom stereocenters. The van der Waals surface area contributed by atoms with Crippen molar-refractivity contribution in [2.24, 2.45) is 11.1 Å². The lowest BCUT2D eigenvalue weighted by Crippen LogP contribution is -2.28. The van der Waals surface area contributed by atoms with Crippen LogP contribution in [0.2, 0.25) is 0 Å². The summed E-state index contributed by atoms with van der Waals surface area (Å²) in [6, 6.07) is 1.99. The third kappa shape index (κ3) is 2.33. The fourth-order valence-corrected chi connectivity index (χ4v) is 2.67. The largest absolute Gasteiger partial charge is 0.384 e. The third-order valence-corrected chi connectivity index (χ3v) is 3.57. The Labute approximate surface area is 109 Å². The predicted octanol–water partition coefficient (Wildman–Crippen LogP) is 2.22. The highest BCUT2D eigenvalue weighted by Crippen LogP contribution is 2.33. The molecule has 3 N–H and O–H groups in total. The smallest absolute Gasteiger partial charge is 0.140 e. The maximum absolute atomic E-state index is 7.76. The molecule has 1 saturated heterocycles. The third-order valence-electron chi connectivity index (χ3n) is 3.57. The summed E-state index contributed by atoms with van der Waals surface area (Å²) in [5.74, 6) is 0.991. The van der Waals surface area contributed by atoms with Gasteiger partial charge in [-0.3, -0.25) is 5.41 Å². The Morgan fingerprint density at radius 2 is 2.11 bits per heavy atom. The molecule has 98 valence electrons. The van der Waals surface area contributed by atoms with Crippen molar-refractivity contribution < 1.29 is 0 Å². The van der Waals surface area contributed by atoms with Crippen molar-refractivity contribution in [2.45, 2.75) is 34.1 Å².